The van der Waals surface area contributed by atoms with Crippen LogP contribution in [0.15, 0.2) is 0 Å². The van der Waals surface area contributed by atoms with Crippen molar-refractivity contribution in [2.75, 3.05) is 0 Å². The largest absolute Gasteiger partial charge is 0.0625 e. The zero-order valence-electron chi connectivity index (χ0n) is 9.19. The van der Waals surface area contributed by atoms with Crippen molar-refractivity contribution in [3.8, 4) is 0 Å². The van der Waals surface area contributed by atoms with Gasteiger partial charge in [0.25, 0.3) is 0 Å². The van der Waals surface area contributed by atoms with Crippen LogP contribution in [0.5, 0.6) is 0 Å². The fraction of sp³-hybridized carbons (Fsp3) is 1.00. The molecule has 12 heavy (non-hydrogen) atoms. The second kappa shape index (κ2) is 3.81. The minimum absolute atomic E-state index is 0.592. The third kappa shape index (κ3) is 2.50. The predicted molar refractivity (Wildman–Crippen MR) is 55.2 cm³/mol. The van der Waals surface area contributed by atoms with E-state index >= 15 is 0 Å². The Morgan fingerprint density at radius 3 is 2.42 bits per heavy atom. The Labute approximate surface area is 77.7 Å². The highest BCUT2D eigenvalue weighted by molar-refractivity contribution is 4.79. The summed E-state index contributed by atoms with van der Waals surface area (Å²) in [5.74, 6) is 1.87. The maximum Gasteiger partial charge on any atom is -0.0328 e. The molecule has 1 fully saturated rings. The van der Waals surface area contributed by atoms with Crippen molar-refractivity contribution in [2.45, 2.75) is 59.8 Å². The summed E-state index contributed by atoms with van der Waals surface area (Å²) in [7, 11) is 0. The van der Waals surface area contributed by atoms with Gasteiger partial charge in [-0.05, 0) is 30.1 Å². The zero-order valence-corrected chi connectivity index (χ0v) is 9.19. The van der Waals surface area contributed by atoms with E-state index in [1.807, 2.05) is 0 Å². The van der Waals surface area contributed by atoms with Gasteiger partial charge in [0.1, 0.15) is 0 Å². The molecule has 0 radical (unpaired) electrons. The Balaban J connectivity index is 2.55. The average Bonchev–Trinajstić information content (AvgIpc) is 1.96. The number of hydrogen-bond donors (Lipinski definition) is 0. The van der Waals surface area contributed by atoms with Crippen molar-refractivity contribution in [1.29, 1.82) is 0 Å². The molecule has 0 N–H and O–H groups in total. The summed E-state index contributed by atoms with van der Waals surface area (Å²) < 4.78 is 0. The van der Waals surface area contributed by atoms with E-state index in [1.165, 1.54) is 32.1 Å². The van der Waals surface area contributed by atoms with Gasteiger partial charge in [0, 0.05) is 0 Å². The van der Waals surface area contributed by atoms with E-state index in [4.69, 9.17) is 0 Å². The van der Waals surface area contributed by atoms with Crippen molar-refractivity contribution in [2.24, 2.45) is 17.3 Å². The summed E-state index contributed by atoms with van der Waals surface area (Å²) in [5, 5.41) is 0. The van der Waals surface area contributed by atoms with Crippen LogP contribution in [0.1, 0.15) is 59.8 Å². The molecule has 0 heteroatoms. The molecular formula is C12H24. The topological polar surface area (TPSA) is 0 Å². The molecule has 0 bridgehead atoms. The van der Waals surface area contributed by atoms with Gasteiger partial charge in [-0.25, -0.2) is 0 Å². The van der Waals surface area contributed by atoms with Crippen molar-refractivity contribution < 1.29 is 0 Å². The fourth-order valence-corrected chi connectivity index (χ4v) is 2.36. The number of rotatable bonds is 0. The molecule has 0 nitrogen and oxygen atoms in total. The summed E-state index contributed by atoms with van der Waals surface area (Å²) in [6.07, 6.45) is 7.23. The van der Waals surface area contributed by atoms with Crippen LogP contribution in [0.25, 0.3) is 0 Å². The van der Waals surface area contributed by atoms with Crippen molar-refractivity contribution in [1.82, 2.24) is 0 Å². The van der Waals surface area contributed by atoms with Crippen molar-refractivity contribution in [3.63, 3.8) is 0 Å². The second-order valence-electron chi connectivity index (χ2n) is 5.48. The monoisotopic (exact) mass is 168 g/mol. The molecule has 72 valence electrons. The lowest BCUT2D eigenvalue weighted by atomic mass is 9.70. The minimum Gasteiger partial charge on any atom is -0.0625 e. The van der Waals surface area contributed by atoms with E-state index in [1.54, 1.807) is 0 Å². The normalized spacial score (nSPS) is 37.0. The minimum atomic E-state index is 0.592. The van der Waals surface area contributed by atoms with Crippen LogP contribution >= 0.6 is 0 Å². The van der Waals surface area contributed by atoms with Crippen molar-refractivity contribution in [3.05, 3.63) is 0 Å². The van der Waals surface area contributed by atoms with Crippen LogP contribution in [-0.2, 0) is 0 Å². The number of hydrogen-bond acceptors (Lipinski definition) is 0. The van der Waals surface area contributed by atoms with E-state index in [-0.39, 0.29) is 0 Å². The van der Waals surface area contributed by atoms with Crippen LogP contribution in [0.4, 0.5) is 0 Å². The molecule has 0 spiro atoms. The van der Waals surface area contributed by atoms with Gasteiger partial charge in [0.2, 0.25) is 0 Å². The first-order valence-corrected chi connectivity index (χ1v) is 5.52. The zero-order chi connectivity index (χ0) is 9.19. The van der Waals surface area contributed by atoms with E-state index in [2.05, 4.69) is 27.7 Å². The van der Waals surface area contributed by atoms with E-state index in [0.29, 0.717) is 5.41 Å². The van der Waals surface area contributed by atoms with Gasteiger partial charge in [-0.1, -0.05) is 47.0 Å². The second-order valence-corrected chi connectivity index (χ2v) is 5.48. The predicted octanol–water partition coefficient (Wildman–Crippen LogP) is 4.25. The molecule has 0 amide bonds. The van der Waals surface area contributed by atoms with Crippen LogP contribution in [0.3, 0.4) is 0 Å². The third-order valence-electron chi connectivity index (χ3n) is 3.86. The first-order chi connectivity index (χ1) is 5.52. The molecule has 1 saturated carbocycles. The molecule has 0 aromatic carbocycles. The highest BCUT2D eigenvalue weighted by Crippen LogP contribution is 2.39. The Bertz CT molecular complexity index is 135. The highest BCUT2D eigenvalue weighted by atomic mass is 14.3. The lowest BCUT2D eigenvalue weighted by Crippen LogP contribution is -2.25. The van der Waals surface area contributed by atoms with Gasteiger partial charge in [-0.2, -0.15) is 0 Å². The average molecular weight is 168 g/mol. The molecule has 0 aromatic heterocycles. The molecule has 2 unspecified atom stereocenters. The van der Waals surface area contributed by atoms with Crippen molar-refractivity contribution >= 4 is 0 Å². The van der Waals surface area contributed by atoms with Crippen LogP contribution < -0.4 is 0 Å². The van der Waals surface area contributed by atoms with Crippen LogP contribution in [0, 0.1) is 17.3 Å². The Morgan fingerprint density at radius 1 is 1.08 bits per heavy atom. The molecule has 0 heterocycles. The summed E-state index contributed by atoms with van der Waals surface area (Å²) in [6.45, 7) is 9.73. The summed E-state index contributed by atoms with van der Waals surface area (Å²) in [5.41, 5.74) is 0.592. The molecule has 0 aliphatic heterocycles. The van der Waals surface area contributed by atoms with Gasteiger partial charge in [0.15, 0.2) is 0 Å². The van der Waals surface area contributed by atoms with Gasteiger partial charge in [0.05, 0.1) is 0 Å². The maximum absolute atomic E-state index is 2.44. The Morgan fingerprint density at radius 2 is 1.75 bits per heavy atom. The SMILES string of the molecule is CC1CCCCC(C)(C)C(C)C1. The van der Waals surface area contributed by atoms with Gasteiger partial charge in [-0.15, -0.1) is 0 Å². The molecule has 0 aromatic rings. The van der Waals surface area contributed by atoms with E-state index in [0.717, 1.165) is 11.8 Å². The van der Waals surface area contributed by atoms with Gasteiger partial charge >= 0.3 is 0 Å². The lowest BCUT2D eigenvalue weighted by molar-refractivity contribution is 0.153. The molecule has 2 atom stereocenters. The van der Waals surface area contributed by atoms with Crippen LogP contribution in [0.2, 0.25) is 0 Å². The summed E-state index contributed by atoms with van der Waals surface area (Å²) in [4.78, 5) is 0. The van der Waals surface area contributed by atoms with E-state index < -0.39 is 0 Å². The smallest absolute Gasteiger partial charge is 0.0328 e. The maximum atomic E-state index is 2.44. The van der Waals surface area contributed by atoms with Gasteiger partial charge in [-0.3, -0.25) is 0 Å². The lowest BCUT2D eigenvalue weighted by Gasteiger charge is -2.36. The standard InChI is InChI=1S/C12H24/c1-10-7-5-6-8-12(3,4)11(2)9-10/h10-11H,5-9H2,1-4H3. The Hall–Kier alpha value is 0. The summed E-state index contributed by atoms with van der Waals surface area (Å²) >= 11 is 0. The van der Waals surface area contributed by atoms with E-state index in [9.17, 15) is 0 Å². The van der Waals surface area contributed by atoms with Crippen LogP contribution in [-0.4, -0.2) is 0 Å². The molecule has 1 rings (SSSR count). The highest BCUT2D eigenvalue weighted by Gasteiger charge is 2.28. The first-order valence-electron chi connectivity index (χ1n) is 5.52. The molecule has 0 saturated heterocycles. The third-order valence-corrected chi connectivity index (χ3v) is 3.86. The molecule has 1 aliphatic carbocycles. The Kier molecular flexibility index (Phi) is 3.20. The van der Waals surface area contributed by atoms with Gasteiger partial charge < -0.3 is 0 Å². The quantitative estimate of drug-likeness (QED) is 0.507. The first kappa shape index (κ1) is 10.1. The molecular weight excluding hydrogens is 144 g/mol. The summed E-state index contributed by atoms with van der Waals surface area (Å²) in [6, 6.07) is 0. The fourth-order valence-electron chi connectivity index (χ4n) is 2.36. The molecule has 1 aliphatic rings.